The first kappa shape index (κ1) is 12.8. The summed E-state index contributed by atoms with van der Waals surface area (Å²) in [6.07, 6.45) is 0. The van der Waals surface area contributed by atoms with E-state index < -0.39 is 0 Å². The number of aromatic amines is 1. The van der Waals surface area contributed by atoms with E-state index in [1.807, 2.05) is 18.2 Å². The molecule has 4 nitrogen and oxygen atoms in total. The quantitative estimate of drug-likeness (QED) is 0.827. The van der Waals surface area contributed by atoms with Crippen LogP contribution in [-0.2, 0) is 6.54 Å². The van der Waals surface area contributed by atoms with E-state index in [0.717, 1.165) is 35.6 Å². The maximum Gasteiger partial charge on any atom is 0.121 e. The zero-order chi connectivity index (χ0) is 13.4. The van der Waals surface area contributed by atoms with Crippen LogP contribution in [0.15, 0.2) is 18.2 Å². The van der Waals surface area contributed by atoms with Crippen LogP contribution >= 0.6 is 11.8 Å². The van der Waals surface area contributed by atoms with E-state index in [1.54, 1.807) is 0 Å². The number of benzene rings is 1. The van der Waals surface area contributed by atoms with Gasteiger partial charge >= 0.3 is 0 Å². The summed E-state index contributed by atoms with van der Waals surface area (Å²) in [6, 6.07) is 6.42. The lowest BCUT2D eigenvalue weighted by atomic mass is 10.2. The van der Waals surface area contributed by atoms with E-state index in [-0.39, 0.29) is 0 Å². The highest BCUT2D eigenvalue weighted by atomic mass is 32.2. The molecule has 1 aromatic heterocycles. The highest BCUT2D eigenvalue weighted by Crippen LogP contribution is 2.25. The molecule has 2 unspecified atom stereocenters. The minimum atomic E-state index is 0.594. The van der Waals surface area contributed by atoms with Gasteiger partial charge in [0.1, 0.15) is 5.82 Å². The molecule has 0 amide bonds. The largest absolute Gasteiger partial charge is 0.399 e. The summed E-state index contributed by atoms with van der Waals surface area (Å²) in [4.78, 5) is 10.5. The molecule has 5 heteroatoms. The summed E-state index contributed by atoms with van der Waals surface area (Å²) in [5, 5.41) is 0.689. The Kier molecular flexibility index (Phi) is 3.41. The van der Waals surface area contributed by atoms with Gasteiger partial charge in [-0.05, 0) is 25.1 Å². The van der Waals surface area contributed by atoms with Gasteiger partial charge in [-0.2, -0.15) is 11.8 Å². The van der Waals surface area contributed by atoms with Gasteiger partial charge in [0.2, 0.25) is 0 Å². The van der Waals surface area contributed by atoms with Crippen LogP contribution in [0.3, 0.4) is 0 Å². The number of nitrogens with two attached hydrogens (primary N) is 1. The molecular weight excluding hydrogens is 256 g/mol. The average Bonchev–Trinajstić information content (AvgIpc) is 2.76. The predicted octanol–water partition coefficient (Wildman–Crippen LogP) is 2.47. The van der Waals surface area contributed by atoms with Crippen molar-refractivity contribution in [3.63, 3.8) is 0 Å². The van der Waals surface area contributed by atoms with Crippen molar-refractivity contribution >= 4 is 28.5 Å². The van der Waals surface area contributed by atoms with Crippen molar-refractivity contribution < 1.29 is 0 Å². The Bertz CT molecular complexity index is 580. The summed E-state index contributed by atoms with van der Waals surface area (Å²) < 4.78 is 0. The van der Waals surface area contributed by atoms with E-state index in [4.69, 9.17) is 5.73 Å². The van der Waals surface area contributed by atoms with Crippen LogP contribution in [0.4, 0.5) is 5.69 Å². The van der Waals surface area contributed by atoms with Crippen LogP contribution in [-0.4, -0.2) is 38.5 Å². The third-order valence-electron chi connectivity index (χ3n) is 3.92. The van der Waals surface area contributed by atoms with E-state index in [9.17, 15) is 0 Å². The summed E-state index contributed by atoms with van der Waals surface area (Å²) >= 11 is 2.06. The highest BCUT2D eigenvalue weighted by Gasteiger charge is 2.25. The topological polar surface area (TPSA) is 57.9 Å². The predicted molar refractivity (Wildman–Crippen MR) is 82.3 cm³/mol. The van der Waals surface area contributed by atoms with Gasteiger partial charge in [0, 0.05) is 29.3 Å². The van der Waals surface area contributed by atoms with Crippen molar-refractivity contribution in [2.75, 3.05) is 18.0 Å². The van der Waals surface area contributed by atoms with Crippen LogP contribution in [0.2, 0.25) is 0 Å². The molecule has 0 aliphatic carbocycles. The molecule has 2 aromatic rings. The molecule has 1 fully saturated rings. The number of nitrogen functional groups attached to an aromatic ring is 1. The molecule has 0 spiro atoms. The van der Waals surface area contributed by atoms with E-state index in [2.05, 4.69) is 40.5 Å². The Morgan fingerprint density at radius 1 is 1.47 bits per heavy atom. The molecule has 1 aromatic carbocycles. The maximum absolute atomic E-state index is 5.80. The number of H-pyrrole nitrogens is 1. The third kappa shape index (κ3) is 2.58. The zero-order valence-corrected chi connectivity index (χ0v) is 12.2. The summed E-state index contributed by atoms with van der Waals surface area (Å²) in [6.45, 7) is 6.63. The fraction of sp³-hybridized carbons (Fsp3) is 0.500. The van der Waals surface area contributed by atoms with E-state index in [1.165, 1.54) is 5.75 Å². The number of hydrogen-bond donors (Lipinski definition) is 2. The first-order valence-electron chi connectivity index (χ1n) is 6.73. The number of aromatic nitrogens is 2. The minimum Gasteiger partial charge on any atom is -0.399 e. The van der Waals surface area contributed by atoms with Gasteiger partial charge in [0.15, 0.2) is 0 Å². The van der Waals surface area contributed by atoms with Crippen molar-refractivity contribution in [3.05, 3.63) is 24.0 Å². The first-order valence-corrected chi connectivity index (χ1v) is 7.78. The molecule has 3 N–H and O–H groups in total. The van der Waals surface area contributed by atoms with Crippen LogP contribution < -0.4 is 5.73 Å². The second-order valence-electron chi connectivity index (χ2n) is 5.25. The Balaban J connectivity index is 1.81. The number of thioether (sulfide) groups is 1. The minimum absolute atomic E-state index is 0.594. The Morgan fingerprint density at radius 3 is 3.16 bits per heavy atom. The molecule has 102 valence electrons. The molecule has 1 aliphatic heterocycles. The molecule has 0 bridgehead atoms. The van der Waals surface area contributed by atoms with E-state index in [0.29, 0.717) is 11.3 Å². The van der Waals surface area contributed by atoms with Crippen LogP contribution in [0.1, 0.15) is 19.7 Å². The lowest BCUT2D eigenvalue weighted by molar-refractivity contribution is 0.200. The normalized spacial score (nSPS) is 24.9. The average molecular weight is 276 g/mol. The number of fused-ring (bicyclic) bond motifs is 1. The molecule has 0 saturated carbocycles. The van der Waals surface area contributed by atoms with Gasteiger partial charge in [0.05, 0.1) is 17.6 Å². The van der Waals surface area contributed by atoms with Gasteiger partial charge in [0.25, 0.3) is 0 Å². The number of anilines is 1. The maximum atomic E-state index is 5.80. The summed E-state index contributed by atoms with van der Waals surface area (Å²) in [7, 11) is 0. The number of nitrogens with one attached hydrogen (secondary N) is 1. The van der Waals surface area contributed by atoms with Gasteiger partial charge in [-0.25, -0.2) is 4.98 Å². The first-order chi connectivity index (χ1) is 9.13. The summed E-state index contributed by atoms with van der Waals surface area (Å²) in [5.74, 6) is 2.24. The van der Waals surface area contributed by atoms with Crippen molar-refractivity contribution in [2.45, 2.75) is 31.7 Å². The van der Waals surface area contributed by atoms with Crippen LogP contribution in [0.25, 0.3) is 11.0 Å². The lowest BCUT2D eigenvalue weighted by Crippen LogP contribution is -2.44. The second kappa shape index (κ2) is 5.06. The number of nitrogens with zero attached hydrogens (tertiary/aromatic N) is 2. The standard InChI is InChI=1S/C14H20N4S/c1-9-10(2)19-6-5-18(9)8-14-16-12-4-3-11(15)7-13(12)17-14/h3-4,7,9-10H,5-6,8,15H2,1-2H3,(H,16,17). The molecule has 1 saturated heterocycles. The fourth-order valence-electron chi connectivity index (χ4n) is 2.57. The Morgan fingerprint density at radius 2 is 2.32 bits per heavy atom. The molecule has 2 atom stereocenters. The lowest BCUT2D eigenvalue weighted by Gasteiger charge is -2.36. The van der Waals surface area contributed by atoms with Crippen molar-refractivity contribution in [1.82, 2.24) is 14.9 Å². The second-order valence-corrected chi connectivity index (χ2v) is 6.73. The van der Waals surface area contributed by atoms with Gasteiger partial charge in [-0.15, -0.1) is 0 Å². The van der Waals surface area contributed by atoms with Crippen LogP contribution in [0, 0.1) is 0 Å². The van der Waals surface area contributed by atoms with Crippen molar-refractivity contribution in [3.8, 4) is 0 Å². The summed E-state index contributed by atoms with van der Waals surface area (Å²) in [5.41, 5.74) is 8.60. The molecule has 3 rings (SSSR count). The smallest absolute Gasteiger partial charge is 0.121 e. The van der Waals surface area contributed by atoms with E-state index >= 15 is 0 Å². The highest BCUT2D eigenvalue weighted by molar-refractivity contribution is 8.00. The van der Waals surface area contributed by atoms with Crippen LogP contribution in [0.5, 0.6) is 0 Å². The molecule has 0 radical (unpaired) electrons. The third-order valence-corrected chi connectivity index (χ3v) is 5.26. The molecule has 1 aliphatic rings. The Hall–Kier alpha value is -1.20. The van der Waals surface area contributed by atoms with Crippen molar-refractivity contribution in [2.24, 2.45) is 0 Å². The monoisotopic (exact) mass is 276 g/mol. The fourth-order valence-corrected chi connectivity index (χ4v) is 3.73. The number of rotatable bonds is 2. The van der Waals surface area contributed by atoms with Gasteiger partial charge < -0.3 is 10.7 Å². The number of hydrogen-bond acceptors (Lipinski definition) is 4. The molecule has 2 heterocycles. The zero-order valence-electron chi connectivity index (χ0n) is 11.4. The van der Waals surface area contributed by atoms with Gasteiger partial charge in [-0.3, -0.25) is 4.90 Å². The SMILES string of the molecule is CC1SCCN(Cc2nc3ccc(N)cc3[nH]2)C1C. The molecular formula is C14H20N4S. The molecule has 19 heavy (non-hydrogen) atoms. The number of imidazole rings is 1. The van der Waals surface area contributed by atoms with Crippen molar-refractivity contribution in [1.29, 1.82) is 0 Å². The Labute approximate surface area is 117 Å². The van der Waals surface area contributed by atoms with Gasteiger partial charge in [-0.1, -0.05) is 6.92 Å².